The Bertz CT molecular complexity index is 1130. The summed E-state index contributed by atoms with van der Waals surface area (Å²) in [7, 11) is 0. The fourth-order valence-electron chi connectivity index (χ4n) is 3.25. The molecule has 1 aliphatic heterocycles. The molecule has 1 N–H and O–H groups in total. The minimum atomic E-state index is -0.471. The number of nitrogens with one attached hydrogen (secondary N) is 1. The third kappa shape index (κ3) is 2.53. The van der Waals surface area contributed by atoms with Gasteiger partial charge < -0.3 is 19.1 Å². The summed E-state index contributed by atoms with van der Waals surface area (Å²) >= 11 is 0. The summed E-state index contributed by atoms with van der Waals surface area (Å²) in [5.41, 5.74) is 2.45. The number of hydrogen-bond acceptors (Lipinski definition) is 7. The highest BCUT2D eigenvalue weighted by Gasteiger charge is 2.16. The molecule has 0 atom stereocenters. The first kappa shape index (κ1) is 15.1. The molecule has 4 aromatic rings. The van der Waals surface area contributed by atoms with Gasteiger partial charge >= 0.3 is 5.63 Å². The molecule has 7 heteroatoms. The van der Waals surface area contributed by atoms with Crippen molar-refractivity contribution in [1.29, 1.82) is 0 Å². The van der Waals surface area contributed by atoms with Crippen molar-refractivity contribution in [1.82, 2.24) is 15.3 Å². The molecule has 0 unspecified atom stereocenters. The molecule has 1 aliphatic rings. The molecule has 1 fully saturated rings. The highest BCUT2D eigenvalue weighted by Crippen LogP contribution is 2.26. The predicted octanol–water partition coefficient (Wildman–Crippen LogP) is 2.41. The molecule has 0 aliphatic carbocycles. The Morgan fingerprint density at radius 1 is 1.04 bits per heavy atom. The smallest absolute Gasteiger partial charge is 0.349 e. The van der Waals surface area contributed by atoms with Crippen LogP contribution in [0.25, 0.3) is 33.7 Å². The average Bonchev–Trinajstić information content (AvgIpc) is 3.11. The van der Waals surface area contributed by atoms with Crippen LogP contribution in [0.3, 0.4) is 0 Å². The minimum Gasteiger partial charge on any atom is -0.434 e. The molecule has 0 amide bonds. The minimum absolute atomic E-state index is 0.223. The number of aromatic nitrogens is 2. The monoisotopic (exact) mass is 348 g/mol. The van der Waals surface area contributed by atoms with Gasteiger partial charge in [0.05, 0.1) is 0 Å². The third-order valence-electron chi connectivity index (χ3n) is 4.60. The first-order valence-corrected chi connectivity index (χ1v) is 8.53. The zero-order valence-corrected chi connectivity index (χ0v) is 13.9. The summed E-state index contributed by atoms with van der Waals surface area (Å²) in [6, 6.07) is 11.2. The number of anilines is 1. The lowest BCUT2D eigenvalue weighted by atomic mass is 10.1. The fourth-order valence-corrected chi connectivity index (χ4v) is 3.25. The van der Waals surface area contributed by atoms with Crippen LogP contribution >= 0.6 is 0 Å². The molecule has 5 rings (SSSR count). The van der Waals surface area contributed by atoms with Crippen LogP contribution in [0.2, 0.25) is 0 Å². The van der Waals surface area contributed by atoms with Crippen molar-refractivity contribution in [3.63, 3.8) is 0 Å². The maximum absolute atomic E-state index is 12.5. The van der Waals surface area contributed by atoms with Gasteiger partial charge in [0.2, 0.25) is 5.89 Å². The lowest BCUT2D eigenvalue weighted by Crippen LogP contribution is -2.43. The summed E-state index contributed by atoms with van der Waals surface area (Å²) in [5, 5.41) is 4.16. The Morgan fingerprint density at radius 2 is 1.92 bits per heavy atom. The van der Waals surface area contributed by atoms with Gasteiger partial charge in [-0.3, -0.25) is 0 Å². The van der Waals surface area contributed by atoms with Crippen LogP contribution in [0.15, 0.2) is 56.2 Å². The lowest BCUT2D eigenvalue weighted by Gasteiger charge is -2.29. The summed E-state index contributed by atoms with van der Waals surface area (Å²) in [6.45, 7) is 3.77. The molecular formula is C19H16N4O3. The second-order valence-corrected chi connectivity index (χ2v) is 6.25. The van der Waals surface area contributed by atoms with Gasteiger partial charge in [0.15, 0.2) is 11.2 Å². The number of rotatable bonds is 2. The van der Waals surface area contributed by atoms with E-state index in [4.69, 9.17) is 8.83 Å². The maximum atomic E-state index is 12.5. The van der Waals surface area contributed by atoms with Gasteiger partial charge in [-0.05, 0) is 30.3 Å². The standard InChI is InChI=1S/C19H16N4O3/c24-19-14(18-22-17-15(25-18)2-1-5-21-17)10-12-3-4-13(11-16(12)26-19)23-8-6-20-7-9-23/h1-5,10-11,20H,6-9H2. The van der Waals surface area contributed by atoms with E-state index in [0.717, 1.165) is 37.3 Å². The fraction of sp³-hybridized carbons (Fsp3) is 0.211. The van der Waals surface area contributed by atoms with E-state index < -0.39 is 5.63 Å². The van der Waals surface area contributed by atoms with E-state index in [9.17, 15) is 4.79 Å². The van der Waals surface area contributed by atoms with E-state index in [1.54, 1.807) is 24.4 Å². The number of fused-ring (bicyclic) bond motifs is 2. The van der Waals surface area contributed by atoms with Crippen molar-refractivity contribution >= 4 is 27.9 Å². The van der Waals surface area contributed by atoms with Gasteiger partial charge in [0, 0.05) is 49.5 Å². The van der Waals surface area contributed by atoms with E-state index >= 15 is 0 Å². The third-order valence-corrected chi connectivity index (χ3v) is 4.60. The number of nitrogens with zero attached hydrogens (tertiary/aromatic N) is 3. The van der Waals surface area contributed by atoms with E-state index in [1.807, 2.05) is 18.2 Å². The van der Waals surface area contributed by atoms with Gasteiger partial charge in [-0.1, -0.05) is 0 Å². The zero-order chi connectivity index (χ0) is 17.5. The van der Waals surface area contributed by atoms with Crippen molar-refractivity contribution in [3.05, 3.63) is 53.0 Å². The van der Waals surface area contributed by atoms with Crippen molar-refractivity contribution in [2.75, 3.05) is 31.1 Å². The SMILES string of the molecule is O=c1oc2cc(N3CCNCC3)ccc2cc1-c1nc2ncccc2o1. The van der Waals surface area contributed by atoms with Crippen LogP contribution in [0.1, 0.15) is 0 Å². The molecular weight excluding hydrogens is 332 g/mol. The molecule has 0 radical (unpaired) electrons. The van der Waals surface area contributed by atoms with Crippen molar-refractivity contribution in [2.45, 2.75) is 0 Å². The van der Waals surface area contributed by atoms with Gasteiger partial charge in [-0.25, -0.2) is 9.78 Å². The zero-order valence-electron chi connectivity index (χ0n) is 13.9. The Kier molecular flexibility index (Phi) is 3.46. The summed E-state index contributed by atoms with van der Waals surface area (Å²) < 4.78 is 11.2. The average molecular weight is 348 g/mol. The topological polar surface area (TPSA) is 84.4 Å². The van der Waals surface area contributed by atoms with Crippen molar-refractivity contribution < 1.29 is 8.83 Å². The molecule has 7 nitrogen and oxygen atoms in total. The maximum Gasteiger partial charge on any atom is 0.349 e. The highest BCUT2D eigenvalue weighted by molar-refractivity contribution is 5.84. The quantitative estimate of drug-likeness (QED) is 0.557. The molecule has 0 saturated carbocycles. The van der Waals surface area contributed by atoms with Gasteiger partial charge in [0.1, 0.15) is 11.1 Å². The van der Waals surface area contributed by atoms with Crippen LogP contribution in [0.5, 0.6) is 0 Å². The number of pyridine rings is 1. The lowest BCUT2D eigenvalue weighted by molar-refractivity contribution is 0.552. The second kappa shape index (κ2) is 5.96. The normalized spacial score (nSPS) is 15.0. The van der Waals surface area contributed by atoms with Crippen LogP contribution < -0.4 is 15.8 Å². The van der Waals surface area contributed by atoms with E-state index in [0.29, 0.717) is 22.4 Å². The molecule has 130 valence electrons. The molecule has 4 heterocycles. The largest absolute Gasteiger partial charge is 0.434 e. The van der Waals surface area contributed by atoms with Crippen molar-refractivity contribution in [2.24, 2.45) is 0 Å². The van der Waals surface area contributed by atoms with E-state index in [1.165, 1.54) is 0 Å². The molecule has 0 spiro atoms. The Labute approximate surface area is 148 Å². The molecule has 1 saturated heterocycles. The number of benzene rings is 1. The first-order valence-electron chi connectivity index (χ1n) is 8.53. The van der Waals surface area contributed by atoms with E-state index in [-0.39, 0.29) is 5.89 Å². The van der Waals surface area contributed by atoms with Crippen LogP contribution in [-0.2, 0) is 0 Å². The molecule has 0 bridgehead atoms. The number of hydrogen-bond donors (Lipinski definition) is 1. The number of piperazine rings is 1. The Balaban J connectivity index is 1.59. The van der Waals surface area contributed by atoms with Gasteiger partial charge in [-0.15, -0.1) is 0 Å². The summed E-state index contributed by atoms with van der Waals surface area (Å²) in [4.78, 5) is 23.2. The van der Waals surface area contributed by atoms with Crippen LogP contribution in [0, 0.1) is 0 Å². The molecule has 26 heavy (non-hydrogen) atoms. The molecule has 1 aromatic carbocycles. The first-order chi connectivity index (χ1) is 12.8. The van der Waals surface area contributed by atoms with E-state index in [2.05, 4.69) is 20.2 Å². The van der Waals surface area contributed by atoms with Gasteiger partial charge in [-0.2, -0.15) is 4.98 Å². The Morgan fingerprint density at radius 3 is 2.77 bits per heavy atom. The predicted molar refractivity (Wildman–Crippen MR) is 98.4 cm³/mol. The molecule has 3 aromatic heterocycles. The van der Waals surface area contributed by atoms with Gasteiger partial charge in [0.25, 0.3) is 0 Å². The second-order valence-electron chi connectivity index (χ2n) is 6.25. The van der Waals surface area contributed by atoms with Crippen molar-refractivity contribution in [3.8, 4) is 11.5 Å². The highest BCUT2D eigenvalue weighted by atomic mass is 16.4. The summed E-state index contributed by atoms with van der Waals surface area (Å²) in [6.07, 6.45) is 1.63. The number of oxazole rings is 1. The summed E-state index contributed by atoms with van der Waals surface area (Å²) in [5.74, 6) is 0.223. The van der Waals surface area contributed by atoms with Crippen LogP contribution in [-0.4, -0.2) is 36.1 Å². The Hall–Kier alpha value is -3.19. The van der Waals surface area contributed by atoms with Crippen LogP contribution in [0.4, 0.5) is 5.69 Å².